The van der Waals surface area contributed by atoms with Gasteiger partial charge in [-0.05, 0) is 24.0 Å². The van der Waals surface area contributed by atoms with Crippen molar-refractivity contribution in [2.45, 2.75) is 57.3 Å². The van der Waals surface area contributed by atoms with E-state index in [4.69, 9.17) is 15.6 Å². The van der Waals surface area contributed by atoms with Gasteiger partial charge >= 0.3 is 5.97 Å². The number of amides is 3. The number of carbonyl (C=O) groups is 4. The van der Waals surface area contributed by atoms with E-state index >= 15 is 0 Å². The SMILES string of the molecule is COC(=O)[C@H](Cc1c[nH]c2ccccc12)NC(=O)[C@H](CC(C)C)NC(=O)[C@@H](O)[C@H](N)CC(=O)NCCO. The van der Waals surface area contributed by atoms with Gasteiger partial charge < -0.3 is 41.6 Å². The maximum absolute atomic E-state index is 13.2. The van der Waals surface area contributed by atoms with Crippen molar-refractivity contribution in [2.75, 3.05) is 20.3 Å². The Bertz CT molecular complexity index is 1070. The largest absolute Gasteiger partial charge is 0.467 e. The highest BCUT2D eigenvalue weighted by Crippen LogP contribution is 2.19. The van der Waals surface area contributed by atoms with E-state index in [9.17, 15) is 24.3 Å². The van der Waals surface area contributed by atoms with Gasteiger partial charge in [0.1, 0.15) is 18.2 Å². The summed E-state index contributed by atoms with van der Waals surface area (Å²) in [7, 11) is 1.22. The minimum Gasteiger partial charge on any atom is -0.467 e. The molecule has 0 radical (unpaired) electrons. The van der Waals surface area contributed by atoms with Gasteiger partial charge in [-0.15, -0.1) is 0 Å². The average Bonchev–Trinajstić information content (AvgIpc) is 3.27. The molecule has 0 bridgehead atoms. The summed E-state index contributed by atoms with van der Waals surface area (Å²) in [6, 6.07) is 4.21. The molecular weight excluding hydrogens is 482 g/mol. The number of aliphatic hydroxyl groups is 2. The normalized spacial score (nSPS) is 14.5. The second-order valence-electron chi connectivity index (χ2n) is 9.23. The topological polar surface area (TPSA) is 196 Å². The summed E-state index contributed by atoms with van der Waals surface area (Å²) < 4.78 is 4.89. The van der Waals surface area contributed by atoms with E-state index < -0.39 is 47.9 Å². The number of nitrogens with two attached hydrogens (primary N) is 1. The van der Waals surface area contributed by atoms with Gasteiger partial charge in [0.15, 0.2) is 0 Å². The second-order valence-corrected chi connectivity index (χ2v) is 9.23. The number of methoxy groups -OCH3 is 1. The van der Waals surface area contributed by atoms with Crippen LogP contribution in [0.5, 0.6) is 0 Å². The molecule has 12 heteroatoms. The van der Waals surface area contributed by atoms with E-state index in [-0.39, 0.29) is 38.3 Å². The summed E-state index contributed by atoms with van der Waals surface area (Å²) in [6.45, 7) is 3.46. The van der Waals surface area contributed by atoms with Gasteiger partial charge in [0.05, 0.1) is 13.7 Å². The summed E-state index contributed by atoms with van der Waals surface area (Å²) in [5, 5.41) is 27.5. The molecule has 1 aromatic heterocycles. The summed E-state index contributed by atoms with van der Waals surface area (Å²) >= 11 is 0. The van der Waals surface area contributed by atoms with Gasteiger partial charge in [0, 0.05) is 42.5 Å². The van der Waals surface area contributed by atoms with Gasteiger partial charge in [0.2, 0.25) is 11.8 Å². The highest BCUT2D eigenvalue weighted by atomic mass is 16.5. The Hall–Kier alpha value is -3.48. The summed E-state index contributed by atoms with van der Waals surface area (Å²) in [5.74, 6) is -2.75. The highest BCUT2D eigenvalue weighted by Gasteiger charge is 2.32. The summed E-state index contributed by atoms with van der Waals surface area (Å²) in [5.41, 5.74) is 7.49. The Labute approximate surface area is 215 Å². The van der Waals surface area contributed by atoms with Crippen molar-refractivity contribution in [1.82, 2.24) is 20.9 Å². The second kappa shape index (κ2) is 14.3. The number of esters is 1. The van der Waals surface area contributed by atoms with Crippen LogP contribution in [0.4, 0.5) is 0 Å². The van der Waals surface area contributed by atoms with Gasteiger partial charge in [-0.1, -0.05) is 32.0 Å². The zero-order chi connectivity index (χ0) is 27.5. The predicted octanol–water partition coefficient (Wildman–Crippen LogP) is -0.914. The molecule has 0 aliphatic heterocycles. The maximum Gasteiger partial charge on any atom is 0.328 e. The van der Waals surface area contributed by atoms with E-state index in [0.717, 1.165) is 16.5 Å². The number of para-hydroxylation sites is 1. The molecule has 1 aromatic carbocycles. The number of aromatic amines is 1. The minimum atomic E-state index is -1.76. The van der Waals surface area contributed by atoms with Crippen molar-refractivity contribution >= 4 is 34.6 Å². The molecule has 0 aliphatic rings. The number of carbonyl (C=O) groups excluding carboxylic acids is 4. The maximum atomic E-state index is 13.2. The third-order valence-electron chi connectivity index (χ3n) is 5.77. The van der Waals surface area contributed by atoms with Crippen LogP contribution in [-0.4, -0.2) is 83.4 Å². The van der Waals surface area contributed by atoms with E-state index in [0.29, 0.717) is 0 Å². The predicted molar refractivity (Wildman–Crippen MR) is 136 cm³/mol. The third kappa shape index (κ3) is 8.85. The number of hydrogen-bond acceptors (Lipinski definition) is 8. The molecule has 0 fully saturated rings. The number of aliphatic hydroxyl groups excluding tert-OH is 2. The first-order chi connectivity index (χ1) is 17.6. The highest BCUT2D eigenvalue weighted by molar-refractivity contribution is 5.93. The third-order valence-corrected chi connectivity index (χ3v) is 5.77. The van der Waals surface area contributed by atoms with E-state index in [1.807, 2.05) is 38.1 Å². The number of benzene rings is 1. The van der Waals surface area contributed by atoms with Crippen LogP contribution in [0, 0.1) is 5.92 Å². The minimum absolute atomic E-state index is 0.0173. The van der Waals surface area contributed by atoms with Crippen molar-refractivity contribution in [3.8, 4) is 0 Å². The zero-order valence-electron chi connectivity index (χ0n) is 21.3. The molecule has 204 valence electrons. The van der Waals surface area contributed by atoms with Crippen molar-refractivity contribution in [1.29, 1.82) is 0 Å². The molecule has 0 spiro atoms. The Balaban J connectivity index is 2.11. The van der Waals surface area contributed by atoms with Crippen molar-refractivity contribution in [3.63, 3.8) is 0 Å². The lowest BCUT2D eigenvalue weighted by Gasteiger charge is -2.25. The number of aromatic nitrogens is 1. The number of H-pyrrole nitrogens is 1. The lowest BCUT2D eigenvalue weighted by Crippen LogP contribution is -2.56. The molecule has 0 aliphatic carbocycles. The number of rotatable bonds is 14. The van der Waals surface area contributed by atoms with Crippen LogP contribution in [-0.2, 0) is 30.3 Å². The lowest BCUT2D eigenvalue weighted by molar-refractivity contribution is -0.145. The van der Waals surface area contributed by atoms with E-state index in [2.05, 4.69) is 20.9 Å². The number of ether oxygens (including phenoxy) is 1. The number of fused-ring (bicyclic) bond motifs is 1. The van der Waals surface area contributed by atoms with Crippen LogP contribution in [0.25, 0.3) is 10.9 Å². The molecule has 0 unspecified atom stereocenters. The summed E-state index contributed by atoms with van der Waals surface area (Å²) in [4.78, 5) is 53.3. The van der Waals surface area contributed by atoms with Gasteiger partial charge in [-0.2, -0.15) is 0 Å². The van der Waals surface area contributed by atoms with Crippen molar-refractivity contribution < 1.29 is 34.1 Å². The quantitative estimate of drug-likeness (QED) is 0.156. The molecule has 37 heavy (non-hydrogen) atoms. The van der Waals surface area contributed by atoms with Crippen LogP contribution in [0.2, 0.25) is 0 Å². The molecule has 2 rings (SSSR count). The van der Waals surface area contributed by atoms with Crippen LogP contribution >= 0.6 is 0 Å². The molecule has 3 amide bonds. The first-order valence-electron chi connectivity index (χ1n) is 12.1. The molecule has 4 atom stereocenters. The number of nitrogens with one attached hydrogen (secondary N) is 4. The molecule has 8 N–H and O–H groups in total. The smallest absolute Gasteiger partial charge is 0.328 e. The summed E-state index contributed by atoms with van der Waals surface area (Å²) in [6.07, 6.45) is 0.0165. The van der Waals surface area contributed by atoms with Crippen LogP contribution in [0.3, 0.4) is 0 Å². The first kappa shape index (κ1) is 29.7. The molecular formula is C25H37N5O7. The van der Waals surface area contributed by atoms with Crippen LogP contribution < -0.4 is 21.7 Å². The van der Waals surface area contributed by atoms with Crippen LogP contribution in [0.15, 0.2) is 30.5 Å². The standard InChI is InChI=1S/C25H37N5O7/c1-14(2)10-19(29-24(35)22(33)17(26)12-21(32)27-8-9-31)23(34)30-20(25(36)37-3)11-15-13-28-18-7-5-4-6-16(15)18/h4-7,13-14,17,19-20,22,28,31,33H,8-12,26H2,1-3H3,(H,27,32)(H,29,35)(H,30,34)/t17-,19+,20+,22+/m1/s1. The molecule has 1 heterocycles. The monoisotopic (exact) mass is 519 g/mol. The first-order valence-corrected chi connectivity index (χ1v) is 12.1. The fraction of sp³-hybridized carbons (Fsp3) is 0.520. The Morgan fingerprint density at radius 3 is 2.41 bits per heavy atom. The Morgan fingerprint density at radius 1 is 1.08 bits per heavy atom. The molecule has 0 saturated heterocycles. The molecule has 2 aromatic rings. The van der Waals surface area contributed by atoms with E-state index in [1.165, 1.54) is 7.11 Å². The molecule has 0 saturated carbocycles. The molecule has 12 nitrogen and oxygen atoms in total. The average molecular weight is 520 g/mol. The van der Waals surface area contributed by atoms with Gasteiger partial charge in [-0.25, -0.2) is 4.79 Å². The van der Waals surface area contributed by atoms with E-state index in [1.54, 1.807) is 6.20 Å². The van der Waals surface area contributed by atoms with Gasteiger partial charge in [-0.3, -0.25) is 14.4 Å². The van der Waals surface area contributed by atoms with Crippen LogP contribution in [0.1, 0.15) is 32.3 Å². The fourth-order valence-electron chi connectivity index (χ4n) is 3.88. The van der Waals surface area contributed by atoms with Crippen molar-refractivity contribution in [3.05, 3.63) is 36.0 Å². The lowest BCUT2D eigenvalue weighted by atomic mass is 10.00. The Kier molecular flexibility index (Phi) is 11.5. The zero-order valence-corrected chi connectivity index (χ0v) is 21.3. The fourth-order valence-corrected chi connectivity index (χ4v) is 3.88. The van der Waals surface area contributed by atoms with Crippen molar-refractivity contribution in [2.24, 2.45) is 11.7 Å². The van der Waals surface area contributed by atoms with Gasteiger partial charge in [0.25, 0.3) is 5.91 Å². The Morgan fingerprint density at radius 2 is 1.76 bits per heavy atom. The number of hydrogen-bond donors (Lipinski definition) is 7.